The molecule has 6 heteroatoms. The quantitative estimate of drug-likeness (QED) is 0.887. The van der Waals surface area contributed by atoms with E-state index in [1.807, 2.05) is 45.9 Å². The summed E-state index contributed by atoms with van der Waals surface area (Å²) in [5.74, 6) is 1.27. The molecule has 0 radical (unpaired) electrons. The number of benzene rings is 1. The van der Waals surface area contributed by atoms with E-state index < -0.39 is 0 Å². The first-order chi connectivity index (χ1) is 11.8. The number of ether oxygens (including phenoxy) is 1. The van der Waals surface area contributed by atoms with E-state index in [-0.39, 0.29) is 17.7 Å². The van der Waals surface area contributed by atoms with E-state index in [4.69, 9.17) is 10.5 Å². The van der Waals surface area contributed by atoms with Crippen LogP contribution in [0.25, 0.3) is 0 Å². The molecule has 0 bridgehead atoms. The van der Waals surface area contributed by atoms with Crippen LogP contribution in [0.5, 0.6) is 5.75 Å². The number of amides is 2. The Balaban J connectivity index is 0.000000451. The summed E-state index contributed by atoms with van der Waals surface area (Å²) < 4.78 is 5.10. The number of methoxy groups -OCH3 is 1. The Morgan fingerprint density at radius 3 is 2.40 bits per heavy atom. The van der Waals surface area contributed by atoms with Crippen LogP contribution in [0.15, 0.2) is 23.2 Å². The molecular weight excluding hydrogens is 318 g/mol. The van der Waals surface area contributed by atoms with Gasteiger partial charge in [-0.05, 0) is 25.0 Å². The van der Waals surface area contributed by atoms with Crippen molar-refractivity contribution in [2.45, 2.75) is 47.5 Å². The first kappa shape index (κ1) is 22.6. The van der Waals surface area contributed by atoms with Gasteiger partial charge in [0.2, 0.25) is 11.8 Å². The minimum absolute atomic E-state index is 0.0151. The third-order valence-electron chi connectivity index (χ3n) is 3.76. The zero-order valence-corrected chi connectivity index (χ0v) is 16.4. The van der Waals surface area contributed by atoms with E-state index in [9.17, 15) is 9.59 Å². The fraction of sp³-hybridized carbons (Fsp3) is 0.526. The molecule has 1 aromatic rings. The number of anilines is 1. The molecule has 140 valence electrons. The summed E-state index contributed by atoms with van der Waals surface area (Å²) in [5, 5.41) is 0. The van der Waals surface area contributed by atoms with Gasteiger partial charge in [0, 0.05) is 38.1 Å². The molecule has 2 amide bonds. The predicted octanol–water partition coefficient (Wildman–Crippen LogP) is 3.31. The van der Waals surface area contributed by atoms with Crippen molar-refractivity contribution in [3.63, 3.8) is 0 Å². The molecule has 6 nitrogen and oxygen atoms in total. The van der Waals surface area contributed by atoms with Crippen molar-refractivity contribution in [1.29, 1.82) is 0 Å². The number of amidine groups is 1. The van der Waals surface area contributed by atoms with Crippen molar-refractivity contribution in [2.75, 3.05) is 19.1 Å². The molecule has 1 heterocycles. The van der Waals surface area contributed by atoms with Crippen LogP contribution >= 0.6 is 0 Å². The fourth-order valence-corrected chi connectivity index (χ4v) is 2.04. The van der Waals surface area contributed by atoms with Gasteiger partial charge in [0.05, 0.1) is 7.11 Å². The molecule has 0 fully saturated rings. The van der Waals surface area contributed by atoms with Crippen LogP contribution in [-0.2, 0) is 9.59 Å². The molecular formula is C19H31N3O3. The van der Waals surface area contributed by atoms with E-state index >= 15 is 0 Å². The molecule has 1 aliphatic rings. The maximum Gasteiger partial charge on any atom is 0.250 e. The highest BCUT2D eigenvalue weighted by Gasteiger charge is 2.17. The molecule has 25 heavy (non-hydrogen) atoms. The molecule has 0 aromatic heterocycles. The van der Waals surface area contributed by atoms with Crippen molar-refractivity contribution in [2.24, 2.45) is 16.6 Å². The minimum atomic E-state index is -0.0706. The van der Waals surface area contributed by atoms with Crippen LogP contribution < -0.4 is 15.4 Å². The van der Waals surface area contributed by atoms with Gasteiger partial charge in [-0.1, -0.05) is 26.8 Å². The number of nitrogens with zero attached hydrogens (tertiary/aromatic N) is 2. The van der Waals surface area contributed by atoms with Gasteiger partial charge < -0.3 is 15.4 Å². The Hall–Kier alpha value is -2.37. The Labute approximate surface area is 151 Å². The van der Waals surface area contributed by atoms with Crippen LogP contribution in [0.4, 0.5) is 5.69 Å². The van der Waals surface area contributed by atoms with E-state index in [1.54, 1.807) is 26.0 Å². The fourth-order valence-electron chi connectivity index (χ4n) is 2.04. The Morgan fingerprint density at radius 1 is 1.36 bits per heavy atom. The van der Waals surface area contributed by atoms with Gasteiger partial charge in [0.1, 0.15) is 11.6 Å². The minimum Gasteiger partial charge on any atom is -0.497 e. The summed E-state index contributed by atoms with van der Waals surface area (Å²) in [5.41, 5.74) is 7.26. The molecule has 0 spiro atoms. The van der Waals surface area contributed by atoms with Crippen molar-refractivity contribution < 1.29 is 14.3 Å². The number of aryl methyl sites for hydroxylation is 1. The number of hydrogen-bond acceptors (Lipinski definition) is 4. The van der Waals surface area contributed by atoms with Crippen LogP contribution in [0.1, 0.15) is 46.1 Å². The average molecular weight is 349 g/mol. The summed E-state index contributed by atoms with van der Waals surface area (Å²) >= 11 is 0. The van der Waals surface area contributed by atoms with E-state index in [0.717, 1.165) is 29.8 Å². The maximum absolute atomic E-state index is 11.2. The lowest BCUT2D eigenvalue weighted by Crippen LogP contribution is -2.24. The zero-order valence-electron chi connectivity index (χ0n) is 16.4. The Bertz CT molecular complexity index is 612. The standard InChI is InChI=1S/C11H15NO2.C6H10N2O.C2H6/c1-8-5-6-10(14-4)7-11(8)12(3)9(2)13;1-4-2-3-5(7)8-6(4)9;1-2/h5-7H,1-4H3;4H,2-3H2,1H3,(H2,7,8,9);1-2H3. The summed E-state index contributed by atoms with van der Waals surface area (Å²) in [6.07, 6.45) is 1.63. The average Bonchev–Trinajstić information content (AvgIpc) is 2.60. The van der Waals surface area contributed by atoms with Crippen molar-refractivity contribution >= 4 is 23.3 Å². The lowest BCUT2D eigenvalue weighted by molar-refractivity contribution is -0.121. The summed E-state index contributed by atoms with van der Waals surface area (Å²) in [4.78, 5) is 27.1. The highest BCUT2D eigenvalue weighted by molar-refractivity contribution is 5.96. The molecule has 2 rings (SSSR count). The van der Waals surface area contributed by atoms with Crippen LogP contribution in [0.2, 0.25) is 0 Å². The molecule has 0 aliphatic carbocycles. The second kappa shape index (κ2) is 11.2. The zero-order chi connectivity index (χ0) is 19.6. The smallest absolute Gasteiger partial charge is 0.250 e. The van der Waals surface area contributed by atoms with Gasteiger partial charge in [0.15, 0.2) is 0 Å². The number of hydrogen-bond donors (Lipinski definition) is 1. The lowest BCUT2D eigenvalue weighted by atomic mass is 10.0. The number of carbonyl (C=O) groups is 2. The van der Waals surface area contributed by atoms with Crippen molar-refractivity contribution in [3.8, 4) is 5.75 Å². The second-order valence-corrected chi connectivity index (χ2v) is 5.61. The third kappa shape index (κ3) is 7.37. The molecule has 2 N–H and O–H groups in total. The molecule has 0 saturated heterocycles. The monoisotopic (exact) mass is 349 g/mol. The van der Waals surface area contributed by atoms with Crippen LogP contribution in [0.3, 0.4) is 0 Å². The van der Waals surface area contributed by atoms with Gasteiger partial charge in [-0.15, -0.1) is 0 Å². The largest absolute Gasteiger partial charge is 0.497 e. The molecule has 1 atom stereocenters. The van der Waals surface area contributed by atoms with E-state index in [0.29, 0.717) is 5.84 Å². The van der Waals surface area contributed by atoms with Gasteiger partial charge in [-0.2, -0.15) is 0 Å². The van der Waals surface area contributed by atoms with Gasteiger partial charge >= 0.3 is 0 Å². The second-order valence-electron chi connectivity index (χ2n) is 5.61. The lowest BCUT2D eigenvalue weighted by Gasteiger charge is -2.18. The topological polar surface area (TPSA) is 85.0 Å². The number of nitrogens with two attached hydrogens (primary N) is 1. The summed E-state index contributed by atoms with van der Waals surface area (Å²) in [7, 11) is 3.37. The molecule has 1 aromatic carbocycles. The number of rotatable bonds is 2. The van der Waals surface area contributed by atoms with Gasteiger partial charge in [-0.3, -0.25) is 9.59 Å². The van der Waals surface area contributed by atoms with Crippen LogP contribution in [0, 0.1) is 12.8 Å². The van der Waals surface area contributed by atoms with Crippen LogP contribution in [-0.4, -0.2) is 31.8 Å². The van der Waals surface area contributed by atoms with Gasteiger partial charge in [0.25, 0.3) is 0 Å². The Morgan fingerprint density at radius 2 is 1.96 bits per heavy atom. The van der Waals surface area contributed by atoms with Crippen molar-refractivity contribution in [1.82, 2.24) is 0 Å². The predicted molar refractivity (Wildman–Crippen MR) is 103 cm³/mol. The maximum atomic E-state index is 11.2. The highest BCUT2D eigenvalue weighted by atomic mass is 16.5. The highest BCUT2D eigenvalue weighted by Crippen LogP contribution is 2.24. The number of aliphatic imine (C=N–C) groups is 1. The Kier molecular flexibility index (Phi) is 10.2. The van der Waals surface area contributed by atoms with E-state index in [1.165, 1.54) is 0 Å². The SMILES string of the molecule is CC.CC1CCC(N)=NC1=O.COc1ccc(C)c(N(C)C(C)=O)c1. The normalized spacial score (nSPS) is 15.7. The molecule has 0 saturated carbocycles. The summed E-state index contributed by atoms with van der Waals surface area (Å²) in [6.45, 7) is 9.38. The first-order valence-corrected chi connectivity index (χ1v) is 8.52. The number of carbonyl (C=O) groups excluding carboxylic acids is 2. The summed E-state index contributed by atoms with van der Waals surface area (Å²) in [6, 6.07) is 5.68. The molecule has 1 unspecified atom stereocenters. The van der Waals surface area contributed by atoms with Gasteiger partial charge in [-0.25, -0.2) is 4.99 Å². The van der Waals surface area contributed by atoms with Crippen molar-refractivity contribution in [3.05, 3.63) is 23.8 Å². The molecule has 1 aliphatic heterocycles. The third-order valence-corrected chi connectivity index (χ3v) is 3.76. The van der Waals surface area contributed by atoms with E-state index in [2.05, 4.69) is 4.99 Å². The first-order valence-electron chi connectivity index (χ1n) is 8.52.